The number of ketones is 1. The number of Topliss-reactive ketones (excluding diaryl/α,β-unsaturated/α-hetero) is 1. The van der Waals surface area contributed by atoms with Crippen molar-refractivity contribution < 1.29 is 28.6 Å². The van der Waals surface area contributed by atoms with Gasteiger partial charge in [0.25, 0.3) is 0 Å². The quantitative estimate of drug-likeness (QED) is 0.154. The van der Waals surface area contributed by atoms with Gasteiger partial charge in [-0.05, 0) is 61.2 Å². The number of ether oxygens (including phenoxy) is 3. The zero-order valence-electron chi connectivity index (χ0n) is 22.9. The van der Waals surface area contributed by atoms with E-state index in [4.69, 9.17) is 14.2 Å². The Morgan fingerprint density at radius 2 is 1.40 bits per heavy atom. The largest absolute Gasteiger partial charge is 0.489 e. The minimum atomic E-state index is -0.848. The normalized spacial score (nSPS) is 11.4. The van der Waals surface area contributed by atoms with Crippen LogP contribution in [0.3, 0.4) is 0 Å². The molecule has 0 spiro atoms. The lowest BCUT2D eigenvalue weighted by molar-refractivity contribution is -0.154. The van der Waals surface area contributed by atoms with Gasteiger partial charge >= 0.3 is 11.9 Å². The lowest BCUT2D eigenvalue weighted by atomic mass is 9.79. The molecule has 0 aliphatic rings. The summed E-state index contributed by atoms with van der Waals surface area (Å²) in [5.41, 5.74) is 1.12. The zero-order valence-corrected chi connectivity index (χ0v) is 23.7. The van der Waals surface area contributed by atoms with Gasteiger partial charge in [0.1, 0.15) is 31.4 Å². The highest BCUT2D eigenvalue weighted by Crippen LogP contribution is 2.33. The monoisotopic (exact) mass is 560 g/mol. The van der Waals surface area contributed by atoms with Gasteiger partial charge in [0.15, 0.2) is 5.43 Å². The molecule has 4 rings (SSSR count). The second kappa shape index (κ2) is 12.9. The molecule has 0 saturated carbocycles. The molecule has 4 aromatic rings. The van der Waals surface area contributed by atoms with Crippen LogP contribution in [-0.2, 0) is 36.9 Å². The van der Waals surface area contributed by atoms with E-state index in [1.54, 1.807) is 0 Å². The molecule has 0 unspecified atom stereocenters. The van der Waals surface area contributed by atoms with Gasteiger partial charge in [0.2, 0.25) is 0 Å². The Morgan fingerprint density at radius 1 is 0.775 bits per heavy atom. The molecule has 0 bridgehead atoms. The van der Waals surface area contributed by atoms with Crippen LogP contribution in [0.15, 0.2) is 71.5 Å². The van der Waals surface area contributed by atoms with E-state index in [0.29, 0.717) is 36.0 Å². The molecule has 0 fully saturated rings. The lowest BCUT2D eigenvalue weighted by Gasteiger charge is -2.32. The van der Waals surface area contributed by atoms with E-state index in [-0.39, 0.29) is 30.8 Å². The molecule has 40 heavy (non-hydrogen) atoms. The average molecular weight is 561 g/mol. The minimum Gasteiger partial charge on any atom is -0.489 e. The second-order valence-electron chi connectivity index (χ2n) is 10.1. The Morgan fingerprint density at radius 3 is 2.02 bits per heavy atom. The van der Waals surface area contributed by atoms with Crippen LogP contribution in [0.1, 0.15) is 44.7 Å². The predicted octanol–water partition coefficient (Wildman–Crippen LogP) is 6.02. The molecule has 0 radical (unpaired) electrons. The van der Waals surface area contributed by atoms with E-state index in [1.807, 2.05) is 66.7 Å². The van der Waals surface area contributed by atoms with Crippen molar-refractivity contribution in [3.8, 4) is 5.75 Å². The number of esters is 2. The third-order valence-electron chi connectivity index (χ3n) is 6.69. The van der Waals surface area contributed by atoms with Gasteiger partial charge in [-0.25, -0.2) is 0 Å². The van der Waals surface area contributed by atoms with Crippen LogP contribution in [0.4, 0.5) is 0 Å². The molecule has 0 aliphatic heterocycles. The van der Waals surface area contributed by atoms with Gasteiger partial charge in [0.05, 0.1) is 0 Å². The number of carbonyl (C=O) groups is 3. The van der Waals surface area contributed by atoms with Gasteiger partial charge in [0, 0.05) is 45.9 Å². The fourth-order valence-electron chi connectivity index (χ4n) is 4.69. The van der Waals surface area contributed by atoms with Crippen molar-refractivity contribution in [2.45, 2.75) is 46.6 Å². The van der Waals surface area contributed by atoms with Crippen molar-refractivity contribution in [3.05, 3.63) is 88.1 Å². The van der Waals surface area contributed by atoms with Gasteiger partial charge in [-0.2, -0.15) is 0 Å². The average Bonchev–Trinajstić information content (AvgIpc) is 2.92. The summed E-state index contributed by atoms with van der Waals surface area (Å²) in [7, 11) is 0. The number of hydrogen-bond acceptors (Lipinski definition) is 8. The van der Waals surface area contributed by atoms with Crippen molar-refractivity contribution in [1.82, 2.24) is 0 Å². The maximum absolute atomic E-state index is 13.3. The van der Waals surface area contributed by atoms with Crippen molar-refractivity contribution in [3.63, 3.8) is 0 Å². The fourth-order valence-corrected chi connectivity index (χ4v) is 5.85. The molecule has 1 aromatic heterocycles. The highest BCUT2D eigenvalue weighted by molar-refractivity contribution is 7.24. The molecule has 0 saturated heterocycles. The summed E-state index contributed by atoms with van der Waals surface area (Å²) in [6.07, 6.45) is 1.08. The van der Waals surface area contributed by atoms with Gasteiger partial charge in [-0.3, -0.25) is 14.4 Å². The summed E-state index contributed by atoms with van der Waals surface area (Å²) in [4.78, 5) is 48.5. The number of carbonyl (C=O) groups excluding carboxylic acids is 3. The van der Waals surface area contributed by atoms with Crippen LogP contribution in [0, 0.1) is 5.41 Å². The van der Waals surface area contributed by atoms with Crippen LogP contribution in [0.5, 0.6) is 5.75 Å². The first-order valence-corrected chi connectivity index (χ1v) is 13.9. The Hall–Kier alpha value is -4.04. The highest BCUT2D eigenvalue weighted by Gasteiger charge is 2.34. The first-order chi connectivity index (χ1) is 19.1. The molecule has 0 atom stereocenters. The predicted molar refractivity (Wildman–Crippen MR) is 156 cm³/mol. The Balaban J connectivity index is 1.60. The van der Waals surface area contributed by atoms with Gasteiger partial charge in [-0.15, -0.1) is 11.3 Å². The molecule has 7 nitrogen and oxygen atoms in total. The standard InChI is InChI=1S/C32H32O7S/c1-21(33)17-32(19-38-22(2)34,20-39-23(3)35)14-13-24-9-11-27-29(15-24)40-30-16-26(10-12-28(30)31(27)36)37-18-25-7-5-4-6-8-25/h4-12,15-16H,13-14,17-20H2,1-3H3. The first-order valence-electron chi connectivity index (χ1n) is 13.1. The fraction of sp³-hybridized carbons (Fsp3) is 0.312. The van der Waals surface area contributed by atoms with E-state index in [9.17, 15) is 19.2 Å². The Labute approximate surface area is 236 Å². The van der Waals surface area contributed by atoms with Crippen LogP contribution >= 0.6 is 11.3 Å². The summed E-state index contributed by atoms with van der Waals surface area (Å²) in [6.45, 7) is 4.43. The first kappa shape index (κ1) is 29.0. The number of fused-ring (bicyclic) bond motifs is 2. The number of hydrogen-bond donors (Lipinski definition) is 0. The maximum atomic E-state index is 13.3. The minimum absolute atomic E-state index is 0.0352. The molecule has 8 heteroatoms. The van der Waals surface area contributed by atoms with Crippen molar-refractivity contribution in [2.24, 2.45) is 5.41 Å². The van der Waals surface area contributed by atoms with Crippen molar-refractivity contribution >= 4 is 49.2 Å². The summed E-state index contributed by atoms with van der Waals surface area (Å²) in [5.74, 6) is -0.337. The summed E-state index contributed by atoms with van der Waals surface area (Å²) >= 11 is 1.51. The number of benzene rings is 3. The smallest absolute Gasteiger partial charge is 0.302 e. The number of aryl methyl sites for hydroxylation is 1. The summed E-state index contributed by atoms with van der Waals surface area (Å²) < 4.78 is 18.2. The second-order valence-corrected chi connectivity index (χ2v) is 11.2. The van der Waals surface area contributed by atoms with E-state index >= 15 is 0 Å². The molecule has 0 amide bonds. The lowest BCUT2D eigenvalue weighted by Crippen LogP contribution is -2.36. The molecule has 3 aromatic carbocycles. The van der Waals surface area contributed by atoms with Crippen molar-refractivity contribution in [2.75, 3.05) is 13.2 Å². The molecular weight excluding hydrogens is 528 g/mol. The highest BCUT2D eigenvalue weighted by atomic mass is 32.1. The maximum Gasteiger partial charge on any atom is 0.302 e. The number of rotatable bonds is 12. The van der Waals surface area contributed by atoms with E-state index in [2.05, 4.69) is 0 Å². The van der Waals surface area contributed by atoms with E-state index < -0.39 is 17.4 Å². The Bertz CT molecular complexity index is 1570. The van der Waals surface area contributed by atoms with Crippen LogP contribution in [0.25, 0.3) is 20.2 Å². The molecular formula is C32H32O7S. The molecule has 0 N–H and O–H groups in total. The van der Waals surface area contributed by atoms with Gasteiger partial charge in [-0.1, -0.05) is 36.4 Å². The SMILES string of the molecule is CC(=O)CC(CCc1ccc2c(=O)c3ccc(OCc4ccccc4)cc3sc2c1)(COC(C)=O)COC(C)=O. The third-order valence-corrected chi connectivity index (χ3v) is 7.80. The van der Waals surface area contributed by atoms with Crippen LogP contribution < -0.4 is 10.2 Å². The summed E-state index contributed by atoms with van der Waals surface area (Å²) in [5, 5.41) is 1.27. The van der Waals surface area contributed by atoms with E-state index in [1.165, 1.54) is 32.1 Å². The van der Waals surface area contributed by atoms with Crippen LogP contribution in [0.2, 0.25) is 0 Å². The molecule has 208 valence electrons. The van der Waals surface area contributed by atoms with Gasteiger partial charge < -0.3 is 19.0 Å². The zero-order chi connectivity index (χ0) is 28.7. The van der Waals surface area contributed by atoms with Crippen LogP contribution in [-0.4, -0.2) is 30.9 Å². The molecule has 1 heterocycles. The Kier molecular flexibility index (Phi) is 9.32. The summed E-state index contributed by atoms with van der Waals surface area (Å²) in [6, 6.07) is 21.1. The van der Waals surface area contributed by atoms with Crippen molar-refractivity contribution in [1.29, 1.82) is 0 Å². The van der Waals surface area contributed by atoms with E-state index in [0.717, 1.165) is 20.5 Å². The molecule has 0 aliphatic carbocycles. The topological polar surface area (TPSA) is 96.0 Å². The third kappa shape index (κ3) is 7.54.